The number of amides is 1. The van der Waals surface area contributed by atoms with Crippen LogP contribution in [0.2, 0.25) is 0 Å². The lowest BCUT2D eigenvalue weighted by atomic mass is 10.1. The van der Waals surface area contributed by atoms with Gasteiger partial charge in [0.25, 0.3) is 0 Å². The van der Waals surface area contributed by atoms with Crippen LogP contribution in [0.4, 0.5) is 0 Å². The van der Waals surface area contributed by atoms with Gasteiger partial charge < -0.3 is 5.32 Å². The van der Waals surface area contributed by atoms with Gasteiger partial charge >= 0.3 is 0 Å². The maximum absolute atomic E-state index is 12.0. The van der Waals surface area contributed by atoms with Crippen LogP contribution in [0.1, 0.15) is 51.6 Å². The fourth-order valence-electron chi connectivity index (χ4n) is 2.14. The summed E-state index contributed by atoms with van der Waals surface area (Å²) in [5.41, 5.74) is 2.94. The molecule has 1 rings (SSSR count). The molecule has 1 heterocycles. The number of aryl methyl sites for hydroxylation is 1. The maximum atomic E-state index is 12.0. The second-order valence-electron chi connectivity index (χ2n) is 6.70. The van der Waals surface area contributed by atoms with Crippen molar-refractivity contribution in [1.29, 1.82) is 0 Å². The molecule has 0 aliphatic heterocycles. The summed E-state index contributed by atoms with van der Waals surface area (Å²) < 4.78 is 2.01. The molecule has 1 aromatic rings. The summed E-state index contributed by atoms with van der Waals surface area (Å²) in [5.74, 6) is 0.608. The van der Waals surface area contributed by atoms with E-state index in [0.717, 1.165) is 23.5 Å². The molecule has 0 spiro atoms. The predicted octanol–water partition coefficient (Wildman–Crippen LogP) is 2.61. The van der Waals surface area contributed by atoms with Crippen LogP contribution in [-0.4, -0.2) is 21.2 Å². The third kappa shape index (κ3) is 4.69. The van der Waals surface area contributed by atoms with E-state index >= 15 is 0 Å². The van der Waals surface area contributed by atoms with Gasteiger partial charge in [0.1, 0.15) is 0 Å². The molecule has 0 unspecified atom stereocenters. The van der Waals surface area contributed by atoms with Gasteiger partial charge in [-0.05, 0) is 40.5 Å². The van der Waals surface area contributed by atoms with Gasteiger partial charge in [-0.1, -0.05) is 13.8 Å². The minimum atomic E-state index is -0.188. The van der Waals surface area contributed by atoms with Crippen molar-refractivity contribution in [3.63, 3.8) is 0 Å². The van der Waals surface area contributed by atoms with Gasteiger partial charge in [0, 0.05) is 23.3 Å². The van der Waals surface area contributed by atoms with E-state index in [1.807, 2.05) is 39.3 Å². The molecule has 0 saturated carbocycles. The van der Waals surface area contributed by atoms with Crippen molar-refractivity contribution in [2.45, 2.75) is 67.0 Å². The maximum Gasteiger partial charge on any atom is 0.224 e. The summed E-state index contributed by atoms with van der Waals surface area (Å²) in [6.07, 6.45) is 0.410. The first-order valence-corrected chi connectivity index (χ1v) is 6.94. The molecule has 0 radical (unpaired) electrons. The Morgan fingerprint density at radius 1 is 1.32 bits per heavy atom. The fraction of sp³-hybridized carbons (Fsp3) is 0.733. The Kier molecular flexibility index (Phi) is 4.77. The highest BCUT2D eigenvalue weighted by Crippen LogP contribution is 2.15. The van der Waals surface area contributed by atoms with E-state index in [1.54, 1.807) is 0 Å². The highest BCUT2D eigenvalue weighted by molar-refractivity contribution is 5.79. The molecule has 0 atom stereocenters. The van der Waals surface area contributed by atoms with Crippen molar-refractivity contribution in [1.82, 2.24) is 15.1 Å². The van der Waals surface area contributed by atoms with Gasteiger partial charge in [0.15, 0.2) is 0 Å². The second kappa shape index (κ2) is 5.76. The van der Waals surface area contributed by atoms with Gasteiger partial charge in [0.2, 0.25) is 5.91 Å². The average molecular weight is 265 g/mol. The number of nitrogens with one attached hydrogen (secondary N) is 1. The highest BCUT2D eigenvalue weighted by atomic mass is 16.1. The summed E-state index contributed by atoms with van der Waals surface area (Å²) in [5, 5.41) is 7.53. The van der Waals surface area contributed by atoms with E-state index in [1.165, 1.54) is 0 Å². The Balaban J connectivity index is 2.84. The minimum Gasteiger partial charge on any atom is -0.351 e. The van der Waals surface area contributed by atoms with Gasteiger partial charge in [-0.3, -0.25) is 9.48 Å². The summed E-state index contributed by atoms with van der Waals surface area (Å²) >= 11 is 0. The quantitative estimate of drug-likeness (QED) is 0.909. The molecule has 108 valence electrons. The topological polar surface area (TPSA) is 46.9 Å². The number of carbonyl (C=O) groups is 1. The molecule has 0 aromatic carbocycles. The van der Waals surface area contributed by atoms with E-state index in [0.29, 0.717) is 12.3 Å². The fourth-order valence-corrected chi connectivity index (χ4v) is 2.14. The number of carbonyl (C=O) groups excluding carboxylic acids is 1. The molecule has 0 bridgehead atoms. The molecular formula is C15H27N3O. The summed E-state index contributed by atoms with van der Waals surface area (Å²) in [6.45, 7) is 15.2. The van der Waals surface area contributed by atoms with Crippen molar-refractivity contribution in [2.24, 2.45) is 5.92 Å². The van der Waals surface area contributed by atoms with Gasteiger partial charge in [-0.2, -0.15) is 5.10 Å². The first-order valence-electron chi connectivity index (χ1n) is 6.94. The molecule has 1 aromatic heterocycles. The Morgan fingerprint density at radius 3 is 2.37 bits per heavy atom. The third-order valence-electron chi connectivity index (χ3n) is 2.92. The average Bonchev–Trinajstić information content (AvgIpc) is 2.42. The van der Waals surface area contributed by atoms with Crippen molar-refractivity contribution >= 4 is 5.91 Å². The zero-order valence-corrected chi connectivity index (χ0v) is 13.3. The highest BCUT2D eigenvalue weighted by Gasteiger charge is 2.18. The smallest absolute Gasteiger partial charge is 0.224 e. The second-order valence-corrected chi connectivity index (χ2v) is 6.70. The van der Waals surface area contributed by atoms with Crippen LogP contribution in [0.25, 0.3) is 0 Å². The molecular weight excluding hydrogens is 238 g/mol. The molecule has 4 heteroatoms. The number of hydrogen-bond donors (Lipinski definition) is 1. The first-order chi connectivity index (χ1) is 8.60. The van der Waals surface area contributed by atoms with E-state index in [9.17, 15) is 4.79 Å². The Hall–Kier alpha value is -1.32. The van der Waals surface area contributed by atoms with Gasteiger partial charge in [-0.25, -0.2) is 0 Å². The van der Waals surface area contributed by atoms with Gasteiger partial charge in [0.05, 0.1) is 12.1 Å². The first kappa shape index (κ1) is 15.7. The van der Waals surface area contributed by atoms with Crippen LogP contribution in [0.3, 0.4) is 0 Å². The molecule has 0 aliphatic rings. The lowest BCUT2D eigenvalue weighted by Crippen LogP contribution is -2.41. The van der Waals surface area contributed by atoms with Crippen LogP contribution in [0, 0.1) is 19.8 Å². The van der Waals surface area contributed by atoms with Crippen LogP contribution >= 0.6 is 0 Å². The lowest BCUT2D eigenvalue weighted by molar-refractivity contribution is -0.121. The van der Waals surface area contributed by atoms with Crippen LogP contribution < -0.4 is 5.32 Å². The standard InChI is InChI=1S/C15H27N3O/c1-10(2)9-18-12(4)13(11(3)17-18)8-14(19)16-15(5,6)7/h10H,8-9H2,1-7H3,(H,16,19). The van der Waals surface area contributed by atoms with E-state index < -0.39 is 0 Å². The molecule has 4 nitrogen and oxygen atoms in total. The predicted molar refractivity (Wildman–Crippen MR) is 78.1 cm³/mol. The summed E-state index contributed by atoms with van der Waals surface area (Å²) in [7, 11) is 0. The van der Waals surface area contributed by atoms with Crippen LogP contribution in [0.15, 0.2) is 0 Å². The molecule has 1 amide bonds. The zero-order chi connectivity index (χ0) is 14.8. The summed E-state index contributed by atoms with van der Waals surface area (Å²) in [4.78, 5) is 12.0. The molecule has 19 heavy (non-hydrogen) atoms. The van der Waals surface area contributed by atoms with E-state index in [2.05, 4.69) is 24.3 Å². The third-order valence-corrected chi connectivity index (χ3v) is 2.92. The van der Waals surface area contributed by atoms with E-state index in [4.69, 9.17) is 0 Å². The number of nitrogens with zero attached hydrogens (tertiary/aromatic N) is 2. The largest absolute Gasteiger partial charge is 0.351 e. The van der Waals surface area contributed by atoms with Crippen molar-refractivity contribution in [2.75, 3.05) is 0 Å². The molecule has 0 aliphatic carbocycles. The van der Waals surface area contributed by atoms with Crippen LogP contribution in [-0.2, 0) is 17.8 Å². The number of aromatic nitrogens is 2. The van der Waals surface area contributed by atoms with E-state index in [-0.39, 0.29) is 11.4 Å². The Labute approximate surface area is 116 Å². The number of hydrogen-bond acceptors (Lipinski definition) is 2. The molecule has 1 N–H and O–H groups in total. The normalized spacial score (nSPS) is 12.0. The minimum absolute atomic E-state index is 0.0581. The van der Waals surface area contributed by atoms with Crippen molar-refractivity contribution in [3.05, 3.63) is 17.0 Å². The van der Waals surface area contributed by atoms with Crippen LogP contribution in [0.5, 0.6) is 0 Å². The monoisotopic (exact) mass is 265 g/mol. The lowest BCUT2D eigenvalue weighted by Gasteiger charge is -2.20. The van der Waals surface area contributed by atoms with Crippen molar-refractivity contribution < 1.29 is 4.79 Å². The van der Waals surface area contributed by atoms with Crippen molar-refractivity contribution in [3.8, 4) is 0 Å². The molecule has 0 saturated heterocycles. The Morgan fingerprint density at radius 2 is 1.89 bits per heavy atom. The molecule has 0 fully saturated rings. The van der Waals surface area contributed by atoms with Gasteiger partial charge in [-0.15, -0.1) is 0 Å². The number of rotatable bonds is 4. The summed E-state index contributed by atoms with van der Waals surface area (Å²) in [6, 6.07) is 0. The Bertz CT molecular complexity index is 453. The SMILES string of the molecule is Cc1nn(CC(C)C)c(C)c1CC(=O)NC(C)(C)C. The zero-order valence-electron chi connectivity index (χ0n) is 13.3.